The van der Waals surface area contributed by atoms with E-state index in [-0.39, 0.29) is 24.2 Å². The number of carbonyl (C=O) groups is 2. The van der Waals surface area contributed by atoms with Crippen LogP contribution in [0.2, 0.25) is 0 Å². The van der Waals surface area contributed by atoms with Gasteiger partial charge in [0.25, 0.3) is 0 Å². The number of nitrogens with zero attached hydrogens (tertiary/aromatic N) is 2. The van der Waals surface area contributed by atoms with Crippen molar-refractivity contribution in [1.82, 2.24) is 25.5 Å². The summed E-state index contributed by atoms with van der Waals surface area (Å²) in [7, 11) is 3.01. The number of likely N-dealkylation sites (tertiary alicyclic amines) is 1. The fourth-order valence-electron chi connectivity index (χ4n) is 4.07. The largest absolute Gasteiger partial charge is 0.497 e. The maximum atomic E-state index is 12.9. The summed E-state index contributed by atoms with van der Waals surface area (Å²) >= 11 is 0. The lowest BCUT2D eigenvalue weighted by Crippen LogP contribution is -2.49. The molecule has 0 radical (unpaired) electrons. The van der Waals surface area contributed by atoms with Gasteiger partial charge in [0.2, 0.25) is 0 Å². The molecule has 2 aromatic carbocycles. The van der Waals surface area contributed by atoms with E-state index in [9.17, 15) is 9.59 Å². The van der Waals surface area contributed by atoms with Crippen molar-refractivity contribution in [2.24, 2.45) is 0 Å². The predicted molar refractivity (Wildman–Crippen MR) is 124 cm³/mol. The number of nitrogens with one attached hydrogen (secondary N) is 3. The molecule has 4 rings (SSSR count). The second-order valence-electron chi connectivity index (χ2n) is 8.09. The highest BCUT2D eigenvalue weighted by Gasteiger charge is 2.26. The van der Waals surface area contributed by atoms with Gasteiger partial charge in [-0.25, -0.2) is 14.6 Å². The lowest BCUT2D eigenvalue weighted by molar-refractivity contribution is 0.110. The van der Waals surface area contributed by atoms with E-state index in [0.29, 0.717) is 38.2 Å². The third-order valence-corrected chi connectivity index (χ3v) is 5.90. The molecule has 1 aliphatic heterocycles. The number of rotatable bonds is 6. The Hall–Kier alpha value is -3.75. The summed E-state index contributed by atoms with van der Waals surface area (Å²) in [5.41, 5.74) is 2.82. The van der Waals surface area contributed by atoms with Crippen molar-refractivity contribution in [3.63, 3.8) is 0 Å². The van der Waals surface area contributed by atoms with Crippen LogP contribution < -0.4 is 15.4 Å². The van der Waals surface area contributed by atoms with Crippen LogP contribution in [0.5, 0.6) is 5.75 Å². The van der Waals surface area contributed by atoms with Gasteiger partial charge in [-0.15, -0.1) is 0 Å². The molecule has 1 fully saturated rings. The molecule has 3 amide bonds. The molecule has 3 N–H and O–H groups in total. The van der Waals surface area contributed by atoms with Crippen LogP contribution in [0.1, 0.15) is 30.3 Å². The summed E-state index contributed by atoms with van der Waals surface area (Å²) in [6.07, 6.45) is 1.59. The van der Waals surface area contributed by atoms with E-state index in [1.54, 1.807) is 12.0 Å². The van der Waals surface area contributed by atoms with Gasteiger partial charge in [0.15, 0.2) is 0 Å². The highest BCUT2D eigenvalue weighted by atomic mass is 16.5. The molecular formula is C24H29N5O4. The van der Waals surface area contributed by atoms with Crippen LogP contribution in [0, 0.1) is 0 Å². The Bertz CT molecular complexity index is 1060. The number of aromatic nitrogens is 2. The normalized spacial score (nSPS) is 15.2. The minimum Gasteiger partial charge on any atom is -0.497 e. The van der Waals surface area contributed by atoms with Crippen LogP contribution in [0.4, 0.5) is 9.59 Å². The third-order valence-electron chi connectivity index (χ3n) is 5.90. The molecule has 9 heteroatoms. The van der Waals surface area contributed by atoms with Crippen LogP contribution in [0.3, 0.4) is 0 Å². The van der Waals surface area contributed by atoms with Gasteiger partial charge < -0.3 is 30.0 Å². The van der Waals surface area contributed by atoms with Gasteiger partial charge >= 0.3 is 12.1 Å². The van der Waals surface area contributed by atoms with Crippen molar-refractivity contribution in [2.45, 2.75) is 31.3 Å². The van der Waals surface area contributed by atoms with Crippen molar-refractivity contribution >= 4 is 23.2 Å². The van der Waals surface area contributed by atoms with E-state index in [1.165, 1.54) is 7.11 Å². The number of para-hydroxylation sites is 2. The zero-order valence-corrected chi connectivity index (χ0v) is 18.8. The highest BCUT2D eigenvalue weighted by molar-refractivity contribution is 5.77. The first-order chi connectivity index (χ1) is 16.1. The number of carbonyl (C=O) groups excluding carboxylic acids is 2. The number of urea groups is 1. The van der Waals surface area contributed by atoms with E-state index in [2.05, 4.69) is 15.6 Å². The number of H-pyrrole nitrogens is 1. The number of methoxy groups -OCH3 is 2. The molecule has 9 nitrogen and oxygen atoms in total. The smallest absolute Gasteiger partial charge is 0.409 e. The second kappa shape index (κ2) is 10.2. The van der Waals surface area contributed by atoms with Crippen LogP contribution in [0.25, 0.3) is 11.0 Å². The minimum atomic E-state index is -0.346. The van der Waals surface area contributed by atoms with Crippen molar-refractivity contribution in [2.75, 3.05) is 27.3 Å². The average Bonchev–Trinajstić information content (AvgIpc) is 3.28. The Morgan fingerprint density at radius 1 is 1.12 bits per heavy atom. The molecule has 0 bridgehead atoms. The Kier molecular flexibility index (Phi) is 6.97. The summed E-state index contributed by atoms with van der Waals surface area (Å²) in [6.45, 7) is 1.10. The molecule has 3 aromatic rings. The highest BCUT2D eigenvalue weighted by Crippen LogP contribution is 2.21. The number of ether oxygens (including phenoxy) is 2. The van der Waals surface area contributed by atoms with Gasteiger partial charge in [-0.05, 0) is 49.1 Å². The van der Waals surface area contributed by atoms with Crippen molar-refractivity contribution < 1.29 is 19.1 Å². The molecule has 2 heterocycles. The molecular weight excluding hydrogens is 422 g/mol. The zero-order valence-electron chi connectivity index (χ0n) is 18.8. The number of imidazole rings is 1. The summed E-state index contributed by atoms with van der Waals surface area (Å²) in [5.74, 6) is 1.48. The summed E-state index contributed by atoms with van der Waals surface area (Å²) < 4.78 is 10.0. The number of benzene rings is 2. The molecule has 0 spiro atoms. The van der Waals surface area contributed by atoms with Gasteiger partial charge in [0, 0.05) is 19.1 Å². The summed E-state index contributed by atoms with van der Waals surface area (Å²) in [5, 5.41) is 6.13. The number of fused-ring (bicyclic) bond motifs is 1. The van der Waals surface area contributed by atoms with Gasteiger partial charge in [0.05, 0.1) is 31.3 Å². The topological polar surface area (TPSA) is 109 Å². The van der Waals surface area contributed by atoms with Gasteiger partial charge in [-0.3, -0.25) is 0 Å². The number of amides is 3. The second-order valence-corrected chi connectivity index (χ2v) is 8.09. The van der Waals surface area contributed by atoms with Crippen molar-refractivity contribution in [3.8, 4) is 5.75 Å². The van der Waals surface area contributed by atoms with Crippen molar-refractivity contribution in [1.29, 1.82) is 0 Å². The lowest BCUT2D eigenvalue weighted by atomic mass is 10.0. The fraction of sp³-hybridized carbons (Fsp3) is 0.375. The van der Waals surface area contributed by atoms with E-state index in [1.807, 2.05) is 48.5 Å². The molecule has 1 aromatic heterocycles. The van der Waals surface area contributed by atoms with Crippen LogP contribution >= 0.6 is 0 Å². The standard InChI is InChI=1S/C24H29N5O4/c1-32-18-9-7-16(8-10-18)15-21(22-26-19-5-3-4-6-20(19)27-22)28-23(30)25-17-11-13-29(14-12-17)24(31)33-2/h3-10,17,21H,11-15H2,1-2H3,(H,26,27)(H2,25,28,30)/t21-/m1/s1. The molecule has 1 aliphatic rings. The molecule has 174 valence electrons. The number of aromatic amines is 1. The maximum Gasteiger partial charge on any atom is 0.409 e. The molecule has 33 heavy (non-hydrogen) atoms. The monoisotopic (exact) mass is 451 g/mol. The van der Waals surface area contributed by atoms with Crippen molar-refractivity contribution in [3.05, 3.63) is 59.9 Å². The van der Waals surface area contributed by atoms with E-state index < -0.39 is 0 Å². The first-order valence-corrected chi connectivity index (χ1v) is 11.0. The van der Waals surface area contributed by atoms with Gasteiger partial charge in [-0.2, -0.15) is 0 Å². The lowest BCUT2D eigenvalue weighted by Gasteiger charge is -2.31. The number of hydrogen-bond acceptors (Lipinski definition) is 5. The maximum absolute atomic E-state index is 12.9. The van der Waals surface area contributed by atoms with E-state index >= 15 is 0 Å². The first kappa shape index (κ1) is 22.4. The number of piperidine rings is 1. The summed E-state index contributed by atoms with van der Waals surface area (Å²) in [4.78, 5) is 34.2. The minimum absolute atomic E-state index is 0.0109. The molecule has 0 saturated carbocycles. The van der Waals surface area contributed by atoms with Gasteiger partial charge in [-0.1, -0.05) is 24.3 Å². The third kappa shape index (κ3) is 5.54. The first-order valence-electron chi connectivity index (χ1n) is 11.0. The Morgan fingerprint density at radius 3 is 2.52 bits per heavy atom. The molecule has 1 saturated heterocycles. The molecule has 0 unspecified atom stereocenters. The Balaban J connectivity index is 1.45. The summed E-state index contributed by atoms with van der Waals surface area (Å²) in [6, 6.07) is 14.9. The zero-order chi connectivity index (χ0) is 23.2. The van der Waals surface area contributed by atoms with Crippen LogP contribution in [-0.4, -0.2) is 60.3 Å². The SMILES string of the molecule is COC(=O)N1CCC(NC(=O)N[C@H](Cc2ccc(OC)cc2)c2nc3ccccc3[nH]2)CC1. The molecule has 1 atom stereocenters. The van der Waals surface area contributed by atoms with E-state index in [4.69, 9.17) is 14.5 Å². The van der Waals surface area contributed by atoms with Crippen LogP contribution in [-0.2, 0) is 11.2 Å². The quantitative estimate of drug-likeness (QED) is 0.532. The fourth-order valence-corrected chi connectivity index (χ4v) is 4.07. The van der Waals surface area contributed by atoms with E-state index in [0.717, 1.165) is 22.3 Å². The van der Waals surface area contributed by atoms with Crippen LogP contribution in [0.15, 0.2) is 48.5 Å². The van der Waals surface area contributed by atoms with Gasteiger partial charge in [0.1, 0.15) is 11.6 Å². The molecule has 0 aliphatic carbocycles. The Labute approximate surface area is 192 Å². The average molecular weight is 452 g/mol. The number of hydrogen-bond donors (Lipinski definition) is 3. The predicted octanol–water partition coefficient (Wildman–Crippen LogP) is 3.39. The Morgan fingerprint density at radius 2 is 1.85 bits per heavy atom.